The maximum absolute atomic E-state index is 12.0. The predicted molar refractivity (Wildman–Crippen MR) is 87.6 cm³/mol. The van der Waals surface area contributed by atoms with Crippen LogP contribution in [0.3, 0.4) is 0 Å². The van der Waals surface area contributed by atoms with Gasteiger partial charge in [-0.05, 0) is 49.4 Å². The van der Waals surface area contributed by atoms with Crippen molar-refractivity contribution in [3.05, 3.63) is 64.7 Å². The normalized spacial score (nSPS) is 10.7. The van der Waals surface area contributed by atoms with Gasteiger partial charge >= 0.3 is 0 Å². The number of likely N-dealkylation sites (N-methyl/N-ethyl adjacent to an activating group) is 1. The number of nitrogens with one attached hydrogen (secondary N) is 1. The molecular weight excluding hydrogens is 284 g/mol. The van der Waals surface area contributed by atoms with Crippen molar-refractivity contribution in [3.8, 4) is 0 Å². The average Bonchev–Trinajstić information content (AvgIpc) is 2.41. The van der Waals surface area contributed by atoms with Gasteiger partial charge in [-0.2, -0.15) is 0 Å². The molecule has 0 fully saturated rings. The van der Waals surface area contributed by atoms with Gasteiger partial charge in [0.1, 0.15) is 0 Å². The predicted octanol–water partition coefficient (Wildman–Crippen LogP) is 3.72. The van der Waals surface area contributed by atoms with Crippen molar-refractivity contribution < 1.29 is 4.79 Å². The van der Waals surface area contributed by atoms with Crippen molar-refractivity contribution in [2.24, 2.45) is 0 Å². The van der Waals surface area contributed by atoms with E-state index in [0.29, 0.717) is 13.1 Å². The summed E-state index contributed by atoms with van der Waals surface area (Å²) in [6.07, 6.45) is 0. The van der Waals surface area contributed by atoms with E-state index in [-0.39, 0.29) is 5.91 Å². The average molecular weight is 303 g/mol. The molecule has 0 aliphatic rings. The molecule has 110 valence electrons. The van der Waals surface area contributed by atoms with Crippen molar-refractivity contribution in [2.45, 2.75) is 13.5 Å². The van der Waals surface area contributed by atoms with Gasteiger partial charge in [0.25, 0.3) is 0 Å². The standard InChI is InChI=1S/C17H19ClN2O/c1-13-4-3-5-16(10-13)19-17(21)12-20(2)11-14-6-8-15(18)9-7-14/h3-10H,11-12H2,1-2H3,(H,19,21). The van der Waals surface area contributed by atoms with Gasteiger partial charge in [-0.25, -0.2) is 0 Å². The lowest BCUT2D eigenvalue weighted by Gasteiger charge is -2.16. The zero-order valence-electron chi connectivity index (χ0n) is 12.3. The van der Waals surface area contributed by atoms with Gasteiger partial charge in [0.05, 0.1) is 6.54 Å². The second-order valence-corrected chi connectivity index (χ2v) is 5.65. The fraction of sp³-hybridized carbons (Fsp3) is 0.235. The van der Waals surface area contributed by atoms with Crippen molar-refractivity contribution in [1.29, 1.82) is 0 Å². The maximum atomic E-state index is 12.0. The first-order valence-corrected chi connectivity index (χ1v) is 7.20. The fourth-order valence-corrected chi connectivity index (χ4v) is 2.25. The number of aryl methyl sites for hydroxylation is 1. The Hall–Kier alpha value is -1.84. The Morgan fingerprint density at radius 1 is 1.19 bits per heavy atom. The molecule has 0 aromatic heterocycles. The van der Waals surface area contributed by atoms with Crippen LogP contribution in [0.25, 0.3) is 0 Å². The topological polar surface area (TPSA) is 32.3 Å². The van der Waals surface area contributed by atoms with Crippen LogP contribution < -0.4 is 5.32 Å². The molecule has 21 heavy (non-hydrogen) atoms. The fourth-order valence-electron chi connectivity index (χ4n) is 2.13. The number of rotatable bonds is 5. The zero-order chi connectivity index (χ0) is 15.2. The Morgan fingerprint density at radius 2 is 1.90 bits per heavy atom. The van der Waals surface area contributed by atoms with Crippen LogP contribution in [0.2, 0.25) is 5.02 Å². The third-order valence-electron chi connectivity index (χ3n) is 3.08. The molecule has 0 saturated heterocycles. The highest BCUT2D eigenvalue weighted by atomic mass is 35.5. The van der Waals surface area contributed by atoms with Gasteiger partial charge in [0.2, 0.25) is 5.91 Å². The summed E-state index contributed by atoms with van der Waals surface area (Å²) in [5, 5.41) is 3.63. The molecule has 0 aliphatic carbocycles. The largest absolute Gasteiger partial charge is 0.325 e. The molecule has 0 saturated carbocycles. The summed E-state index contributed by atoms with van der Waals surface area (Å²) in [5.41, 5.74) is 3.09. The molecule has 0 bridgehead atoms. The second-order valence-electron chi connectivity index (χ2n) is 5.22. The number of carbonyl (C=O) groups excluding carboxylic acids is 1. The monoisotopic (exact) mass is 302 g/mol. The van der Waals surface area contributed by atoms with Crippen LogP contribution in [0.5, 0.6) is 0 Å². The van der Waals surface area contributed by atoms with Crippen molar-refractivity contribution in [2.75, 3.05) is 18.9 Å². The number of halogens is 1. The number of hydrogen-bond donors (Lipinski definition) is 1. The first-order valence-electron chi connectivity index (χ1n) is 6.82. The molecule has 0 heterocycles. The van der Waals surface area contributed by atoms with Crippen LogP contribution in [0.15, 0.2) is 48.5 Å². The minimum absolute atomic E-state index is 0.0166. The summed E-state index contributed by atoms with van der Waals surface area (Å²) in [6.45, 7) is 3.05. The highest BCUT2D eigenvalue weighted by molar-refractivity contribution is 6.30. The van der Waals surface area contributed by atoms with E-state index in [1.54, 1.807) is 0 Å². The molecule has 0 aliphatic heterocycles. The van der Waals surface area contributed by atoms with Gasteiger partial charge in [-0.3, -0.25) is 9.69 Å². The van der Waals surface area contributed by atoms with Gasteiger partial charge < -0.3 is 5.32 Å². The smallest absolute Gasteiger partial charge is 0.238 e. The van der Waals surface area contributed by atoms with Gasteiger partial charge in [-0.15, -0.1) is 0 Å². The van der Waals surface area contributed by atoms with Crippen molar-refractivity contribution >= 4 is 23.2 Å². The molecule has 3 nitrogen and oxygen atoms in total. The van der Waals surface area contributed by atoms with Crippen LogP contribution in [0, 0.1) is 6.92 Å². The lowest BCUT2D eigenvalue weighted by Crippen LogP contribution is -2.29. The molecule has 4 heteroatoms. The Kier molecular flexibility index (Phi) is 5.37. The van der Waals surface area contributed by atoms with Crippen LogP contribution in [-0.4, -0.2) is 24.4 Å². The third kappa shape index (κ3) is 5.21. The number of hydrogen-bond acceptors (Lipinski definition) is 2. The minimum Gasteiger partial charge on any atom is -0.325 e. The van der Waals surface area contributed by atoms with Crippen LogP contribution in [-0.2, 0) is 11.3 Å². The summed E-state index contributed by atoms with van der Waals surface area (Å²) in [4.78, 5) is 14.0. The van der Waals surface area contributed by atoms with E-state index < -0.39 is 0 Å². The molecule has 2 rings (SSSR count). The number of anilines is 1. The SMILES string of the molecule is Cc1cccc(NC(=O)CN(C)Cc2ccc(Cl)cc2)c1. The van der Waals surface area contributed by atoms with E-state index in [0.717, 1.165) is 21.8 Å². The van der Waals surface area contributed by atoms with Crippen LogP contribution in [0.1, 0.15) is 11.1 Å². The number of carbonyl (C=O) groups is 1. The van der Waals surface area contributed by atoms with E-state index in [1.165, 1.54) is 0 Å². The molecule has 2 aromatic rings. The summed E-state index contributed by atoms with van der Waals surface area (Å²) >= 11 is 5.86. The van der Waals surface area contributed by atoms with E-state index >= 15 is 0 Å². The lowest BCUT2D eigenvalue weighted by atomic mass is 10.2. The third-order valence-corrected chi connectivity index (χ3v) is 3.33. The highest BCUT2D eigenvalue weighted by Crippen LogP contribution is 2.12. The van der Waals surface area contributed by atoms with Gasteiger partial charge in [0.15, 0.2) is 0 Å². The summed E-state index contributed by atoms with van der Waals surface area (Å²) in [6, 6.07) is 15.4. The second kappa shape index (κ2) is 7.25. The quantitative estimate of drug-likeness (QED) is 0.913. The van der Waals surface area contributed by atoms with E-state index in [9.17, 15) is 4.79 Å². The van der Waals surface area contributed by atoms with E-state index in [4.69, 9.17) is 11.6 Å². The molecule has 0 atom stereocenters. The maximum Gasteiger partial charge on any atom is 0.238 e. The molecule has 0 unspecified atom stereocenters. The Bertz CT molecular complexity index is 610. The van der Waals surface area contributed by atoms with Crippen LogP contribution in [0.4, 0.5) is 5.69 Å². The number of amides is 1. The zero-order valence-corrected chi connectivity index (χ0v) is 13.0. The van der Waals surface area contributed by atoms with Crippen LogP contribution >= 0.6 is 11.6 Å². The van der Waals surface area contributed by atoms with Gasteiger partial charge in [-0.1, -0.05) is 35.9 Å². The van der Waals surface area contributed by atoms with Crippen molar-refractivity contribution in [3.63, 3.8) is 0 Å². The summed E-state index contributed by atoms with van der Waals surface area (Å²) in [5.74, 6) is -0.0166. The van der Waals surface area contributed by atoms with Crippen molar-refractivity contribution in [1.82, 2.24) is 4.90 Å². The highest BCUT2D eigenvalue weighted by Gasteiger charge is 2.07. The summed E-state index contributed by atoms with van der Waals surface area (Å²) < 4.78 is 0. The first kappa shape index (κ1) is 15.5. The molecule has 1 amide bonds. The minimum atomic E-state index is -0.0166. The lowest BCUT2D eigenvalue weighted by molar-refractivity contribution is -0.117. The van der Waals surface area contributed by atoms with E-state index in [2.05, 4.69) is 5.32 Å². The number of benzene rings is 2. The molecule has 0 radical (unpaired) electrons. The Morgan fingerprint density at radius 3 is 2.57 bits per heavy atom. The first-order chi connectivity index (χ1) is 10.0. The summed E-state index contributed by atoms with van der Waals surface area (Å²) in [7, 11) is 1.92. The molecule has 2 aromatic carbocycles. The Labute approximate surface area is 130 Å². The number of nitrogens with zero attached hydrogens (tertiary/aromatic N) is 1. The Balaban J connectivity index is 1.86. The molecule has 0 spiro atoms. The molecule has 1 N–H and O–H groups in total. The van der Waals surface area contributed by atoms with E-state index in [1.807, 2.05) is 67.4 Å². The van der Waals surface area contributed by atoms with Gasteiger partial charge in [0, 0.05) is 17.3 Å². The molecular formula is C17H19ClN2O.